The van der Waals surface area contributed by atoms with Gasteiger partial charge in [0.15, 0.2) is 0 Å². The van der Waals surface area contributed by atoms with E-state index in [0.29, 0.717) is 5.95 Å². The first-order valence-corrected chi connectivity index (χ1v) is 20.7. The minimum Gasteiger partial charge on any atom is -0.455 e. The number of furan rings is 1. The predicted octanol–water partition coefficient (Wildman–Crippen LogP) is 14.7. The highest BCUT2D eigenvalue weighted by Gasteiger charge is 2.25. The molecule has 0 saturated carbocycles. The molecule has 5 nitrogen and oxygen atoms in total. The van der Waals surface area contributed by atoms with Crippen LogP contribution in [0.3, 0.4) is 0 Å². The number of rotatable bonds is 5. The molecule has 0 spiro atoms. The molecule has 0 atom stereocenters. The Labute approximate surface area is 350 Å². The molecule has 0 aliphatic carbocycles. The average Bonchev–Trinajstić information content (AvgIpc) is 3.99. The smallest absolute Gasteiger partial charge is 0.235 e. The summed E-state index contributed by atoms with van der Waals surface area (Å²) in [4.78, 5) is 10.8. The number of fused-ring (bicyclic) bond motifs is 12. The van der Waals surface area contributed by atoms with E-state index in [2.05, 4.69) is 203 Å². The minimum absolute atomic E-state index is 0.606. The summed E-state index contributed by atoms with van der Waals surface area (Å²) in [6.07, 6.45) is 0. The molecule has 284 valence electrons. The van der Waals surface area contributed by atoms with Crippen molar-refractivity contribution in [2.75, 3.05) is 0 Å². The van der Waals surface area contributed by atoms with E-state index >= 15 is 0 Å². The second-order valence-electron chi connectivity index (χ2n) is 15.7. The SMILES string of the molecule is c1ccc(-c2ccc(-c3nc(-n4c5ccc6c7ccccc7oc6c5c5c6c7ccccc7n(-c7cccc(-c8ccccc8)c7)c6ccc54)nc4ccccc34)cc2)cc1. The number of hydrogen-bond acceptors (Lipinski definition) is 3. The van der Waals surface area contributed by atoms with Crippen molar-refractivity contribution in [1.29, 1.82) is 0 Å². The molecule has 0 aliphatic rings. The first-order valence-electron chi connectivity index (χ1n) is 20.7. The van der Waals surface area contributed by atoms with Gasteiger partial charge in [-0.1, -0.05) is 152 Å². The Morgan fingerprint density at radius 1 is 0.344 bits per heavy atom. The van der Waals surface area contributed by atoms with Gasteiger partial charge in [-0.3, -0.25) is 4.57 Å². The zero-order chi connectivity index (χ0) is 40.0. The summed E-state index contributed by atoms with van der Waals surface area (Å²) in [5.74, 6) is 0.606. The van der Waals surface area contributed by atoms with Gasteiger partial charge in [-0.05, 0) is 76.9 Å². The fraction of sp³-hybridized carbons (Fsp3) is 0. The van der Waals surface area contributed by atoms with Gasteiger partial charge in [0.25, 0.3) is 0 Å². The molecule has 0 bridgehead atoms. The number of benzene rings is 9. The Bertz CT molecular complexity index is 3860. The van der Waals surface area contributed by atoms with Crippen LogP contribution in [0.1, 0.15) is 0 Å². The molecule has 0 unspecified atom stereocenters. The topological polar surface area (TPSA) is 48.8 Å². The Balaban J connectivity index is 1.13. The molecule has 61 heavy (non-hydrogen) atoms. The molecule has 5 heteroatoms. The standard InChI is InChI=1S/C56H34N4O/c1-3-14-35(15-4-1)37-26-28-38(29-27-37)54-43-21-7-10-23-45(43)57-56(58-54)60-48-33-32-47-51(52(48)53-49(60)31-30-42-41-20-9-12-25-50(41)61-55(42)53)44-22-8-11-24-46(44)59(47)40-19-13-18-39(34-40)36-16-5-2-6-17-36/h1-34H. The lowest BCUT2D eigenvalue weighted by Gasteiger charge is -2.12. The van der Waals surface area contributed by atoms with Crippen molar-refractivity contribution in [3.8, 4) is 45.1 Å². The summed E-state index contributed by atoms with van der Waals surface area (Å²) in [5, 5.41) is 7.65. The Morgan fingerprint density at radius 3 is 1.74 bits per heavy atom. The van der Waals surface area contributed by atoms with Gasteiger partial charge in [0.1, 0.15) is 11.2 Å². The lowest BCUT2D eigenvalue weighted by Crippen LogP contribution is -2.03. The van der Waals surface area contributed by atoms with Crippen molar-refractivity contribution in [3.05, 3.63) is 206 Å². The third-order valence-corrected chi connectivity index (χ3v) is 12.3. The first kappa shape index (κ1) is 33.7. The van der Waals surface area contributed by atoms with Crippen LogP contribution in [0.5, 0.6) is 0 Å². The van der Waals surface area contributed by atoms with Gasteiger partial charge in [-0.15, -0.1) is 0 Å². The monoisotopic (exact) mass is 778 g/mol. The van der Waals surface area contributed by atoms with E-state index < -0.39 is 0 Å². The lowest BCUT2D eigenvalue weighted by molar-refractivity contribution is 0.673. The normalized spacial score (nSPS) is 11.9. The van der Waals surface area contributed by atoms with E-state index in [4.69, 9.17) is 14.4 Å². The molecule has 4 heterocycles. The number of hydrogen-bond donors (Lipinski definition) is 0. The van der Waals surface area contributed by atoms with Gasteiger partial charge in [0.2, 0.25) is 5.95 Å². The fourth-order valence-electron chi connectivity index (χ4n) is 9.61. The maximum Gasteiger partial charge on any atom is 0.235 e. The van der Waals surface area contributed by atoms with Crippen molar-refractivity contribution < 1.29 is 4.42 Å². The highest BCUT2D eigenvalue weighted by Crippen LogP contribution is 2.46. The van der Waals surface area contributed by atoms with Gasteiger partial charge in [-0.2, -0.15) is 0 Å². The van der Waals surface area contributed by atoms with Crippen LogP contribution in [0, 0.1) is 0 Å². The van der Waals surface area contributed by atoms with E-state index in [0.717, 1.165) is 93.6 Å². The van der Waals surface area contributed by atoms with E-state index in [9.17, 15) is 0 Å². The highest BCUT2D eigenvalue weighted by atomic mass is 16.3. The Kier molecular flexibility index (Phi) is 7.24. The summed E-state index contributed by atoms with van der Waals surface area (Å²) < 4.78 is 11.5. The summed E-state index contributed by atoms with van der Waals surface area (Å²) >= 11 is 0. The van der Waals surface area contributed by atoms with Crippen LogP contribution >= 0.6 is 0 Å². The van der Waals surface area contributed by atoms with Crippen LogP contribution in [-0.2, 0) is 0 Å². The van der Waals surface area contributed by atoms with Crippen LogP contribution in [0.15, 0.2) is 211 Å². The molecule has 0 radical (unpaired) electrons. The summed E-state index contributed by atoms with van der Waals surface area (Å²) in [6, 6.07) is 73.0. The van der Waals surface area contributed by atoms with Crippen LogP contribution in [0.25, 0.3) is 122 Å². The molecule has 0 saturated heterocycles. The van der Waals surface area contributed by atoms with Crippen molar-refractivity contribution >= 4 is 76.5 Å². The zero-order valence-electron chi connectivity index (χ0n) is 32.8. The van der Waals surface area contributed by atoms with E-state index in [1.807, 2.05) is 12.1 Å². The highest BCUT2D eigenvalue weighted by molar-refractivity contribution is 6.34. The molecular formula is C56H34N4O. The molecule has 13 rings (SSSR count). The van der Waals surface area contributed by atoms with Gasteiger partial charge in [-0.25, -0.2) is 9.97 Å². The van der Waals surface area contributed by atoms with Crippen molar-refractivity contribution in [2.24, 2.45) is 0 Å². The average molecular weight is 779 g/mol. The zero-order valence-corrected chi connectivity index (χ0v) is 32.8. The second kappa shape index (κ2) is 13.1. The molecule has 0 N–H and O–H groups in total. The molecule has 13 aromatic rings. The number of para-hydroxylation sites is 3. The molecule has 4 aromatic heterocycles. The van der Waals surface area contributed by atoms with Crippen LogP contribution < -0.4 is 0 Å². The van der Waals surface area contributed by atoms with Crippen molar-refractivity contribution in [1.82, 2.24) is 19.1 Å². The van der Waals surface area contributed by atoms with E-state index in [1.54, 1.807) is 0 Å². The summed E-state index contributed by atoms with van der Waals surface area (Å²) in [7, 11) is 0. The van der Waals surface area contributed by atoms with E-state index in [-0.39, 0.29) is 0 Å². The molecular weight excluding hydrogens is 745 g/mol. The Morgan fingerprint density at radius 2 is 0.934 bits per heavy atom. The third kappa shape index (κ3) is 5.08. The minimum atomic E-state index is 0.606. The quantitative estimate of drug-likeness (QED) is 0.175. The van der Waals surface area contributed by atoms with Gasteiger partial charge in [0, 0.05) is 43.6 Å². The van der Waals surface area contributed by atoms with E-state index in [1.165, 1.54) is 22.1 Å². The predicted molar refractivity (Wildman–Crippen MR) is 252 cm³/mol. The van der Waals surface area contributed by atoms with Crippen LogP contribution in [0.4, 0.5) is 0 Å². The second-order valence-corrected chi connectivity index (χ2v) is 15.7. The number of aromatic nitrogens is 4. The molecule has 0 fully saturated rings. The molecule has 0 aliphatic heterocycles. The number of nitrogens with zero attached hydrogens (tertiary/aromatic N) is 4. The van der Waals surface area contributed by atoms with Crippen molar-refractivity contribution in [3.63, 3.8) is 0 Å². The van der Waals surface area contributed by atoms with Gasteiger partial charge >= 0.3 is 0 Å². The fourth-order valence-corrected chi connectivity index (χ4v) is 9.61. The Hall–Kier alpha value is -8.28. The van der Waals surface area contributed by atoms with Crippen molar-refractivity contribution in [2.45, 2.75) is 0 Å². The third-order valence-electron chi connectivity index (χ3n) is 12.3. The largest absolute Gasteiger partial charge is 0.455 e. The van der Waals surface area contributed by atoms with Gasteiger partial charge in [0.05, 0.1) is 38.7 Å². The lowest BCUT2D eigenvalue weighted by atomic mass is 10.0. The summed E-state index contributed by atoms with van der Waals surface area (Å²) in [5.41, 5.74) is 14.6. The maximum atomic E-state index is 6.89. The maximum absolute atomic E-state index is 6.89. The van der Waals surface area contributed by atoms with Crippen LogP contribution in [-0.4, -0.2) is 19.1 Å². The molecule has 0 amide bonds. The summed E-state index contributed by atoms with van der Waals surface area (Å²) in [6.45, 7) is 0. The molecule has 9 aromatic carbocycles. The van der Waals surface area contributed by atoms with Crippen LogP contribution in [0.2, 0.25) is 0 Å². The van der Waals surface area contributed by atoms with Gasteiger partial charge < -0.3 is 8.98 Å². The first-order chi connectivity index (χ1) is 30.3.